The molecule has 1 aromatic carbocycles. The molecule has 0 aliphatic rings. The van der Waals surface area contributed by atoms with Crippen molar-refractivity contribution in [2.24, 2.45) is 0 Å². The van der Waals surface area contributed by atoms with Crippen molar-refractivity contribution >= 4 is 17.9 Å². The number of rotatable bonds is 3. The van der Waals surface area contributed by atoms with E-state index in [1.165, 1.54) is 18.6 Å². The predicted molar refractivity (Wildman–Crippen MR) is 66.6 cm³/mol. The zero-order valence-corrected chi connectivity index (χ0v) is 10.1. The maximum atomic E-state index is 13.3. The molecule has 4 nitrogen and oxygen atoms in total. The molecule has 0 bridgehead atoms. The zero-order valence-electron chi connectivity index (χ0n) is 10.1. The number of benzene rings is 1. The normalized spacial score (nSPS) is 10.7. The molecule has 2 rings (SSSR count). The highest BCUT2D eigenvalue weighted by molar-refractivity contribution is 6.09. The van der Waals surface area contributed by atoms with Crippen LogP contribution >= 0.6 is 0 Å². The molecule has 6 heteroatoms. The van der Waals surface area contributed by atoms with E-state index < -0.39 is 29.0 Å². The van der Waals surface area contributed by atoms with Crippen molar-refractivity contribution in [2.75, 3.05) is 0 Å². The van der Waals surface area contributed by atoms with Crippen LogP contribution in [-0.2, 0) is 4.79 Å². The quantitative estimate of drug-likeness (QED) is 0.877. The fourth-order valence-electron chi connectivity index (χ4n) is 1.47. The third kappa shape index (κ3) is 3.17. The van der Waals surface area contributed by atoms with Gasteiger partial charge in [0, 0.05) is 11.6 Å². The van der Waals surface area contributed by atoms with Crippen molar-refractivity contribution in [3.05, 3.63) is 65.6 Å². The van der Waals surface area contributed by atoms with E-state index >= 15 is 0 Å². The molecule has 0 saturated heterocycles. The fraction of sp³-hybridized carbons (Fsp3) is 0. The van der Waals surface area contributed by atoms with Crippen LogP contribution in [0.5, 0.6) is 0 Å². The Morgan fingerprint density at radius 2 is 1.85 bits per heavy atom. The lowest BCUT2D eigenvalue weighted by atomic mass is 10.2. The van der Waals surface area contributed by atoms with Crippen molar-refractivity contribution in [3.8, 4) is 0 Å². The zero-order chi connectivity index (χ0) is 14.5. The standard InChI is InChI=1S/C14H9F2NO3/c15-10-2-1-3-11(16)13(10)14(19)17-12(18)5-4-9-6-7-20-8-9/h1-8H,(H,17,18,19)/b5-4+. The molecule has 1 aromatic heterocycles. The van der Waals surface area contributed by atoms with Crippen LogP contribution in [-0.4, -0.2) is 11.8 Å². The smallest absolute Gasteiger partial charge is 0.264 e. The first-order valence-corrected chi connectivity index (χ1v) is 5.57. The van der Waals surface area contributed by atoms with Gasteiger partial charge in [0.25, 0.3) is 11.8 Å². The first-order chi connectivity index (χ1) is 9.58. The summed E-state index contributed by atoms with van der Waals surface area (Å²) < 4.78 is 31.4. The van der Waals surface area contributed by atoms with E-state index in [2.05, 4.69) is 0 Å². The van der Waals surface area contributed by atoms with Gasteiger partial charge in [0.05, 0.1) is 12.5 Å². The Labute approximate surface area is 112 Å². The number of carbonyl (C=O) groups excluding carboxylic acids is 2. The second-order valence-corrected chi connectivity index (χ2v) is 3.81. The summed E-state index contributed by atoms with van der Waals surface area (Å²) in [7, 11) is 0. The lowest BCUT2D eigenvalue weighted by Crippen LogP contribution is -2.30. The number of hydrogen-bond donors (Lipinski definition) is 1. The summed E-state index contributed by atoms with van der Waals surface area (Å²) in [6.45, 7) is 0. The number of amides is 2. The molecule has 2 amide bonds. The molecular formula is C14H9F2NO3. The van der Waals surface area contributed by atoms with Gasteiger partial charge in [-0.25, -0.2) is 8.78 Å². The predicted octanol–water partition coefficient (Wildman–Crippen LogP) is 2.53. The summed E-state index contributed by atoms with van der Waals surface area (Å²) >= 11 is 0. The minimum absolute atomic E-state index is 0.615. The lowest BCUT2D eigenvalue weighted by molar-refractivity contribution is -0.115. The van der Waals surface area contributed by atoms with Crippen molar-refractivity contribution < 1.29 is 22.8 Å². The highest BCUT2D eigenvalue weighted by Crippen LogP contribution is 2.11. The molecule has 0 spiro atoms. The molecule has 0 atom stereocenters. The van der Waals surface area contributed by atoms with Crippen molar-refractivity contribution in [2.45, 2.75) is 0 Å². The number of hydrogen-bond acceptors (Lipinski definition) is 3. The van der Waals surface area contributed by atoms with E-state index in [0.29, 0.717) is 5.56 Å². The molecule has 0 saturated carbocycles. The van der Waals surface area contributed by atoms with Crippen molar-refractivity contribution in [1.29, 1.82) is 0 Å². The maximum Gasteiger partial charge on any atom is 0.264 e. The maximum absolute atomic E-state index is 13.3. The molecule has 0 aliphatic carbocycles. The molecule has 20 heavy (non-hydrogen) atoms. The van der Waals surface area contributed by atoms with E-state index in [1.54, 1.807) is 6.07 Å². The molecule has 2 aromatic rings. The van der Waals surface area contributed by atoms with Crippen LogP contribution in [0, 0.1) is 11.6 Å². The largest absolute Gasteiger partial charge is 0.472 e. The molecule has 1 N–H and O–H groups in total. The Morgan fingerprint density at radius 3 is 2.45 bits per heavy atom. The summed E-state index contributed by atoms with van der Waals surface area (Å²) in [5.41, 5.74) is -0.178. The van der Waals surface area contributed by atoms with E-state index in [4.69, 9.17) is 4.42 Å². The Morgan fingerprint density at radius 1 is 1.15 bits per heavy atom. The van der Waals surface area contributed by atoms with Gasteiger partial charge in [-0.2, -0.15) is 0 Å². The number of furan rings is 1. The van der Waals surface area contributed by atoms with Gasteiger partial charge in [0.2, 0.25) is 0 Å². The second kappa shape index (κ2) is 5.92. The van der Waals surface area contributed by atoms with Crippen LogP contribution in [0.3, 0.4) is 0 Å². The average molecular weight is 277 g/mol. The number of nitrogens with one attached hydrogen (secondary N) is 1. The Balaban J connectivity index is 2.06. The van der Waals surface area contributed by atoms with Gasteiger partial charge in [-0.3, -0.25) is 14.9 Å². The molecular weight excluding hydrogens is 268 g/mol. The van der Waals surface area contributed by atoms with E-state index in [-0.39, 0.29) is 0 Å². The minimum Gasteiger partial charge on any atom is -0.472 e. The molecule has 0 fully saturated rings. The number of imide groups is 1. The summed E-state index contributed by atoms with van der Waals surface area (Å²) in [5, 5.41) is 1.87. The molecule has 0 radical (unpaired) electrons. The van der Waals surface area contributed by atoms with Crippen LogP contribution in [0.15, 0.2) is 47.3 Å². The van der Waals surface area contributed by atoms with Gasteiger partial charge >= 0.3 is 0 Å². The Kier molecular flexibility index (Phi) is 4.05. The first kappa shape index (κ1) is 13.7. The topological polar surface area (TPSA) is 59.3 Å². The third-order valence-electron chi connectivity index (χ3n) is 2.40. The summed E-state index contributed by atoms with van der Waals surface area (Å²) in [6.07, 6.45) is 5.25. The van der Waals surface area contributed by atoms with Crippen LogP contribution in [0.2, 0.25) is 0 Å². The molecule has 0 unspecified atom stereocenters. The Hall–Kier alpha value is -2.76. The van der Waals surface area contributed by atoms with Gasteiger partial charge in [-0.15, -0.1) is 0 Å². The summed E-state index contributed by atoms with van der Waals surface area (Å²) in [6, 6.07) is 4.60. The van der Waals surface area contributed by atoms with Crippen LogP contribution < -0.4 is 5.32 Å². The average Bonchev–Trinajstić information content (AvgIpc) is 2.89. The Bertz CT molecular complexity index is 643. The van der Waals surface area contributed by atoms with Gasteiger partial charge in [0.15, 0.2) is 0 Å². The molecule has 1 heterocycles. The van der Waals surface area contributed by atoms with Gasteiger partial charge < -0.3 is 4.42 Å². The number of carbonyl (C=O) groups is 2. The minimum atomic E-state index is -1.14. The molecule has 102 valence electrons. The second-order valence-electron chi connectivity index (χ2n) is 3.81. The van der Waals surface area contributed by atoms with Crippen molar-refractivity contribution in [3.63, 3.8) is 0 Å². The van der Waals surface area contributed by atoms with Crippen LogP contribution in [0.4, 0.5) is 8.78 Å². The van der Waals surface area contributed by atoms with Crippen molar-refractivity contribution in [1.82, 2.24) is 5.32 Å². The lowest BCUT2D eigenvalue weighted by Gasteiger charge is -2.03. The summed E-state index contributed by atoms with van der Waals surface area (Å²) in [4.78, 5) is 23.0. The highest BCUT2D eigenvalue weighted by Gasteiger charge is 2.18. The van der Waals surface area contributed by atoms with Gasteiger partial charge in [-0.1, -0.05) is 6.07 Å². The van der Waals surface area contributed by atoms with Crippen LogP contribution in [0.25, 0.3) is 6.08 Å². The van der Waals surface area contributed by atoms with Gasteiger partial charge in [-0.05, 0) is 24.3 Å². The fourth-order valence-corrected chi connectivity index (χ4v) is 1.47. The van der Waals surface area contributed by atoms with Crippen LogP contribution in [0.1, 0.15) is 15.9 Å². The molecule has 0 aliphatic heterocycles. The third-order valence-corrected chi connectivity index (χ3v) is 2.40. The summed E-state index contributed by atoms with van der Waals surface area (Å²) in [5.74, 6) is -4.00. The SMILES string of the molecule is O=C(/C=C/c1ccoc1)NC(=O)c1c(F)cccc1F. The van der Waals surface area contributed by atoms with E-state index in [1.807, 2.05) is 5.32 Å². The first-order valence-electron chi connectivity index (χ1n) is 5.57. The van der Waals surface area contributed by atoms with E-state index in [0.717, 1.165) is 24.3 Å². The monoisotopic (exact) mass is 277 g/mol. The number of halogens is 2. The van der Waals surface area contributed by atoms with E-state index in [9.17, 15) is 18.4 Å². The van der Waals surface area contributed by atoms with Gasteiger partial charge in [0.1, 0.15) is 17.2 Å². The highest BCUT2D eigenvalue weighted by atomic mass is 19.1.